The van der Waals surface area contributed by atoms with E-state index in [-0.39, 0.29) is 11.0 Å². The number of methoxy groups -OCH3 is 3. The summed E-state index contributed by atoms with van der Waals surface area (Å²) in [5, 5.41) is 3.84. The molecule has 1 aromatic heterocycles. The average molecular weight is 407 g/mol. The maximum absolute atomic E-state index is 12.6. The molecule has 0 aliphatic heterocycles. The van der Waals surface area contributed by atoms with Gasteiger partial charge < -0.3 is 18.6 Å². The third kappa shape index (κ3) is 3.78. The molecule has 2 aromatic carbocycles. The lowest BCUT2D eigenvalue weighted by atomic mass is 10.3. The van der Waals surface area contributed by atoms with Gasteiger partial charge in [0.25, 0.3) is 10.0 Å². The van der Waals surface area contributed by atoms with Gasteiger partial charge in [0, 0.05) is 11.8 Å². The Labute approximate surface area is 160 Å². The summed E-state index contributed by atoms with van der Waals surface area (Å²) >= 11 is 0. The standard InChI is InChI=1S/C17H17N3O7S/c1-24-14-9-8-13(10-15(14)25-2)28(22,23)19-11-4-6-12(7-5-11)20-17(21)27-16(18-20)26-3/h4-10,19H,1-3H3. The molecular formula is C17H17N3O7S. The molecule has 3 rings (SSSR count). The van der Waals surface area contributed by atoms with E-state index in [9.17, 15) is 13.2 Å². The zero-order chi connectivity index (χ0) is 20.3. The van der Waals surface area contributed by atoms with E-state index >= 15 is 0 Å². The fraction of sp³-hybridized carbons (Fsp3) is 0.176. The second-order valence-corrected chi connectivity index (χ2v) is 7.10. The Morgan fingerprint density at radius 3 is 2.21 bits per heavy atom. The number of nitrogens with zero attached hydrogens (tertiary/aromatic N) is 2. The summed E-state index contributed by atoms with van der Waals surface area (Å²) in [5.74, 6) is -0.0186. The lowest BCUT2D eigenvalue weighted by Gasteiger charge is -2.12. The lowest BCUT2D eigenvalue weighted by Crippen LogP contribution is -2.15. The Balaban J connectivity index is 1.85. The molecule has 0 saturated carbocycles. The van der Waals surface area contributed by atoms with Crippen LogP contribution < -0.4 is 24.7 Å². The largest absolute Gasteiger partial charge is 0.493 e. The van der Waals surface area contributed by atoms with Gasteiger partial charge >= 0.3 is 11.8 Å². The molecule has 1 N–H and O–H groups in total. The number of ether oxygens (including phenoxy) is 3. The fourth-order valence-corrected chi connectivity index (χ4v) is 3.45. The van der Waals surface area contributed by atoms with Crippen LogP contribution in [0.25, 0.3) is 5.69 Å². The molecule has 1 heterocycles. The number of hydrogen-bond donors (Lipinski definition) is 1. The third-order valence-electron chi connectivity index (χ3n) is 3.73. The van der Waals surface area contributed by atoms with Gasteiger partial charge in [0.05, 0.1) is 31.9 Å². The van der Waals surface area contributed by atoms with E-state index < -0.39 is 15.8 Å². The summed E-state index contributed by atoms with van der Waals surface area (Å²) in [6.45, 7) is 0. The molecule has 148 valence electrons. The van der Waals surface area contributed by atoms with Crippen molar-refractivity contribution in [2.45, 2.75) is 4.90 Å². The van der Waals surface area contributed by atoms with E-state index in [4.69, 9.17) is 18.6 Å². The Morgan fingerprint density at radius 1 is 0.964 bits per heavy atom. The van der Waals surface area contributed by atoms with Crippen LogP contribution in [0.4, 0.5) is 5.69 Å². The first-order valence-corrected chi connectivity index (χ1v) is 9.35. The van der Waals surface area contributed by atoms with Crippen LogP contribution in [0.2, 0.25) is 0 Å². The SMILES string of the molecule is COc1nn(-c2ccc(NS(=O)(=O)c3ccc(OC)c(OC)c3)cc2)c(=O)o1. The molecule has 0 saturated heterocycles. The van der Waals surface area contributed by atoms with Crippen LogP contribution in [-0.2, 0) is 10.0 Å². The zero-order valence-corrected chi connectivity index (χ0v) is 16.0. The molecule has 0 fully saturated rings. The second kappa shape index (κ2) is 7.64. The second-order valence-electron chi connectivity index (χ2n) is 5.42. The minimum atomic E-state index is -3.86. The van der Waals surface area contributed by atoms with Crippen molar-refractivity contribution in [3.05, 3.63) is 53.0 Å². The van der Waals surface area contributed by atoms with E-state index in [2.05, 4.69) is 9.82 Å². The van der Waals surface area contributed by atoms with Gasteiger partial charge in [-0.15, -0.1) is 0 Å². The van der Waals surface area contributed by atoms with Crippen molar-refractivity contribution in [2.75, 3.05) is 26.1 Å². The van der Waals surface area contributed by atoms with Crippen molar-refractivity contribution in [2.24, 2.45) is 0 Å². The molecule has 0 radical (unpaired) electrons. The molecule has 10 nitrogen and oxygen atoms in total. The van der Waals surface area contributed by atoms with Crippen LogP contribution in [0.15, 0.2) is 56.6 Å². The van der Waals surface area contributed by atoms with Gasteiger partial charge in [-0.3, -0.25) is 4.72 Å². The predicted molar refractivity (Wildman–Crippen MR) is 99.0 cm³/mol. The third-order valence-corrected chi connectivity index (χ3v) is 5.11. The van der Waals surface area contributed by atoms with Gasteiger partial charge in [-0.05, 0) is 36.4 Å². The Kier molecular flexibility index (Phi) is 5.27. The van der Waals surface area contributed by atoms with Gasteiger partial charge in [0.15, 0.2) is 11.5 Å². The van der Waals surface area contributed by atoms with Gasteiger partial charge in [-0.25, -0.2) is 13.2 Å². The highest BCUT2D eigenvalue weighted by Crippen LogP contribution is 2.30. The topological polar surface area (TPSA) is 122 Å². The van der Waals surface area contributed by atoms with Gasteiger partial charge in [-0.1, -0.05) is 5.10 Å². The molecule has 0 bridgehead atoms. The van der Waals surface area contributed by atoms with Crippen LogP contribution in [0.1, 0.15) is 0 Å². The van der Waals surface area contributed by atoms with Crippen LogP contribution in [0.3, 0.4) is 0 Å². The van der Waals surface area contributed by atoms with Gasteiger partial charge in [0.2, 0.25) is 0 Å². The highest BCUT2D eigenvalue weighted by Gasteiger charge is 2.17. The van der Waals surface area contributed by atoms with Crippen molar-refractivity contribution in [3.8, 4) is 23.3 Å². The van der Waals surface area contributed by atoms with Crippen molar-refractivity contribution < 1.29 is 27.0 Å². The van der Waals surface area contributed by atoms with Crippen molar-refractivity contribution >= 4 is 15.7 Å². The Bertz CT molecular complexity index is 1130. The van der Waals surface area contributed by atoms with Crippen LogP contribution in [-0.4, -0.2) is 39.5 Å². The average Bonchev–Trinajstić information content (AvgIpc) is 3.08. The molecule has 28 heavy (non-hydrogen) atoms. The van der Waals surface area contributed by atoms with Crippen molar-refractivity contribution in [1.82, 2.24) is 9.78 Å². The number of benzene rings is 2. The highest BCUT2D eigenvalue weighted by molar-refractivity contribution is 7.92. The van der Waals surface area contributed by atoms with E-state index in [1.165, 1.54) is 63.8 Å². The molecule has 3 aromatic rings. The fourth-order valence-electron chi connectivity index (χ4n) is 2.37. The summed E-state index contributed by atoms with van der Waals surface area (Å²) in [6, 6.07) is 10.3. The van der Waals surface area contributed by atoms with Crippen molar-refractivity contribution in [1.29, 1.82) is 0 Å². The van der Waals surface area contributed by atoms with E-state index in [1.807, 2.05) is 0 Å². The van der Waals surface area contributed by atoms with Crippen molar-refractivity contribution in [3.63, 3.8) is 0 Å². The summed E-state index contributed by atoms with van der Waals surface area (Å²) < 4.78 is 48.4. The monoisotopic (exact) mass is 407 g/mol. The Hall–Kier alpha value is -3.47. The molecular weight excluding hydrogens is 390 g/mol. The lowest BCUT2D eigenvalue weighted by molar-refractivity contribution is 0.282. The normalized spacial score (nSPS) is 11.1. The Morgan fingerprint density at radius 2 is 1.64 bits per heavy atom. The quantitative estimate of drug-likeness (QED) is 0.627. The van der Waals surface area contributed by atoms with Crippen LogP contribution >= 0.6 is 0 Å². The maximum atomic E-state index is 12.6. The number of rotatable bonds is 7. The number of anilines is 1. The van der Waals surface area contributed by atoms with Gasteiger partial charge in [0.1, 0.15) is 0 Å². The molecule has 0 aliphatic rings. The molecule has 0 atom stereocenters. The minimum absolute atomic E-state index is 0.00619. The molecule has 0 spiro atoms. The summed E-state index contributed by atoms with van der Waals surface area (Å²) in [6.07, 6.45) is -0.178. The minimum Gasteiger partial charge on any atom is -0.493 e. The number of sulfonamides is 1. The number of hydrogen-bond acceptors (Lipinski definition) is 8. The zero-order valence-electron chi connectivity index (χ0n) is 15.2. The molecule has 11 heteroatoms. The number of aromatic nitrogens is 2. The van der Waals surface area contributed by atoms with Crippen LogP contribution in [0, 0.1) is 0 Å². The number of nitrogens with one attached hydrogen (secondary N) is 1. The molecule has 0 unspecified atom stereocenters. The van der Waals surface area contributed by atoms with Gasteiger partial charge in [-0.2, -0.15) is 4.68 Å². The predicted octanol–water partition coefficient (Wildman–Crippen LogP) is 1.65. The van der Waals surface area contributed by atoms with Crippen LogP contribution in [0.5, 0.6) is 17.6 Å². The molecule has 0 amide bonds. The smallest absolute Gasteiger partial charge is 0.444 e. The summed E-state index contributed by atoms with van der Waals surface area (Å²) in [7, 11) is 0.334. The van der Waals surface area contributed by atoms with E-state index in [0.717, 1.165) is 4.68 Å². The first-order chi connectivity index (χ1) is 13.4. The van der Waals surface area contributed by atoms with E-state index in [1.54, 1.807) is 0 Å². The summed E-state index contributed by atoms with van der Waals surface area (Å²) in [4.78, 5) is 11.7. The first-order valence-electron chi connectivity index (χ1n) is 7.87. The van der Waals surface area contributed by atoms with E-state index in [0.29, 0.717) is 22.9 Å². The first kappa shape index (κ1) is 19.3. The maximum Gasteiger partial charge on any atom is 0.444 e. The summed E-state index contributed by atoms with van der Waals surface area (Å²) in [5.41, 5.74) is 0.674. The molecule has 0 aliphatic carbocycles. The highest BCUT2D eigenvalue weighted by atomic mass is 32.2.